The number of nitrogens with zero attached hydrogens (tertiary/aromatic N) is 1. The first-order chi connectivity index (χ1) is 13.3. The Morgan fingerprint density at radius 2 is 2.07 bits per heavy atom. The Hall–Kier alpha value is -1.94. The number of ether oxygens (including phenoxy) is 1. The minimum Gasteiger partial charge on any atom is -0.469 e. The van der Waals surface area contributed by atoms with E-state index in [1.165, 1.54) is 24.2 Å². The summed E-state index contributed by atoms with van der Waals surface area (Å²) in [7, 11) is 1.34. The number of alkyl halides is 2. The van der Waals surface area contributed by atoms with E-state index in [4.69, 9.17) is 0 Å². The summed E-state index contributed by atoms with van der Waals surface area (Å²) in [6.07, 6.45) is 6.48. The minimum atomic E-state index is -3.36. The molecule has 0 saturated carbocycles. The topological polar surface area (TPSA) is 66.8 Å². The average molecular weight is 399 g/mol. The van der Waals surface area contributed by atoms with Gasteiger partial charge in [-0.1, -0.05) is 31.9 Å². The highest BCUT2D eigenvalue weighted by atomic mass is 19.3. The third-order valence-corrected chi connectivity index (χ3v) is 4.62. The summed E-state index contributed by atoms with van der Waals surface area (Å²) < 4.78 is 32.3. The zero-order valence-corrected chi connectivity index (χ0v) is 16.8. The number of amides is 1. The van der Waals surface area contributed by atoms with Gasteiger partial charge in [0.2, 0.25) is 0 Å². The molecule has 1 heterocycles. The van der Waals surface area contributed by atoms with Crippen LogP contribution >= 0.6 is 0 Å². The zero-order chi connectivity index (χ0) is 21.0. The molecule has 2 unspecified atom stereocenters. The van der Waals surface area contributed by atoms with Gasteiger partial charge >= 0.3 is 11.9 Å². The van der Waals surface area contributed by atoms with Gasteiger partial charge < -0.3 is 14.7 Å². The van der Waals surface area contributed by atoms with Crippen LogP contribution in [-0.4, -0.2) is 53.6 Å². The van der Waals surface area contributed by atoms with E-state index in [2.05, 4.69) is 16.6 Å². The second-order valence-electron chi connectivity index (χ2n) is 6.91. The fourth-order valence-corrected chi connectivity index (χ4v) is 3.05. The monoisotopic (exact) mass is 399 g/mol. The van der Waals surface area contributed by atoms with Crippen LogP contribution in [0.2, 0.25) is 0 Å². The van der Waals surface area contributed by atoms with Gasteiger partial charge in [0.05, 0.1) is 19.3 Å². The standard InChI is InChI=1S/C21H31F2NO4/c1-3-4-5-8-11-18(25)14-13-17-16-21(22,23)20(27)24(17)15-10-7-6-9-12-19(26)28-2/h13-14,17-18,25H,3,6-12,15-16H2,1-2H3/b14-13+. The highest BCUT2D eigenvalue weighted by Crippen LogP contribution is 2.34. The molecule has 0 aromatic carbocycles. The van der Waals surface area contributed by atoms with Crippen molar-refractivity contribution in [3.8, 4) is 11.8 Å². The third-order valence-electron chi connectivity index (χ3n) is 4.62. The Morgan fingerprint density at radius 3 is 2.75 bits per heavy atom. The lowest BCUT2D eigenvalue weighted by atomic mass is 10.1. The Morgan fingerprint density at radius 1 is 1.36 bits per heavy atom. The molecule has 0 spiro atoms. The van der Waals surface area contributed by atoms with E-state index in [-0.39, 0.29) is 12.5 Å². The quantitative estimate of drug-likeness (QED) is 0.250. The number of hydrogen-bond acceptors (Lipinski definition) is 4. The van der Waals surface area contributed by atoms with Gasteiger partial charge in [0, 0.05) is 32.2 Å². The van der Waals surface area contributed by atoms with E-state index >= 15 is 0 Å². The first kappa shape index (κ1) is 24.1. The normalized spacial score (nSPS) is 19.5. The lowest BCUT2D eigenvalue weighted by molar-refractivity contribution is -0.148. The molecule has 158 valence electrons. The summed E-state index contributed by atoms with van der Waals surface area (Å²) in [5.41, 5.74) is 0. The van der Waals surface area contributed by atoms with Crippen molar-refractivity contribution in [3.63, 3.8) is 0 Å². The Bertz CT molecular complexity index is 595. The third kappa shape index (κ3) is 8.39. The molecule has 0 aromatic rings. The highest BCUT2D eigenvalue weighted by Gasteiger charge is 2.52. The molecule has 0 aliphatic carbocycles. The fourth-order valence-electron chi connectivity index (χ4n) is 3.05. The van der Waals surface area contributed by atoms with Gasteiger partial charge in [0.1, 0.15) is 0 Å². The second-order valence-corrected chi connectivity index (χ2v) is 6.91. The lowest BCUT2D eigenvalue weighted by Gasteiger charge is -2.22. The number of unbranched alkanes of at least 4 members (excludes halogenated alkanes) is 3. The van der Waals surface area contributed by atoms with E-state index < -0.39 is 30.4 Å². The van der Waals surface area contributed by atoms with Crippen LogP contribution in [0.4, 0.5) is 8.78 Å². The number of likely N-dealkylation sites (tertiary alicyclic amines) is 1. The Labute approximate surface area is 166 Å². The van der Waals surface area contributed by atoms with Gasteiger partial charge in [-0.05, 0) is 19.3 Å². The van der Waals surface area contributed by atoms with Crippen LogP contribution in [0.25, 0.3) is 0 Å². The lowest BCUT2D eigenvalue weighted by Crippen LogP contribution is -2.36. The number of hydrogen-bond donors (Lipinski definition) is 1. The number of aliphatic hydroxyl groups is 1. The molecular weight excluding hydrogens is 368 g/mol. The summed E-state index contributed by atoms with van der Waals surface area (Å²) in [5.74, 6) is 1.05. The first-order valence-corrected chi connectivity index (χ1v) is 9.89. The fraction of sp³-hybridized carbons (Fsp3) is 0.714. The van der Waals surface area contributed by atoms with Crippen LogP contribution in [-0.2, 0) is 14.3 Å². The molecule has 1 saturated heterocycles. The largest absolute Gasteiger partial charge is 0.469 e. The van der Waals surface area contributed by atoms with Crippen molar-refractivity contribution < 1.29 is 28.2 Å². The molecule has 5 nitrogen and oxygen atoms in total. The number of carbonyl (C=O) groups excluding carboxylic acids is 2. The summed E-state index contributed by atoms with van der Waals surface area (Å²) in [6.45, 7) is 2.17. The summed E-state index contributed by atoms with van der Waals surface area (Å²) in [5, 5.41) is 9.95. The van der Waals surface area contributed by atoms with Crippen molar-refractivity contribution in [1.82, 2.24) is 4.90 Å². The van der Waals surface area contributed by atoms with E-state index in [1.807, 2.05) is 6.92 Å². The van der Waals surface area contributed by atoms with Gasteiger partial charge in [0.25, 0.3) is 5.91 Å². The van der Waals surface area contributed by atoms with Gasteiger partial charge in [-0.15, -0.1) is 11.8 Å². The molecule has 0 aromatic heterocycles. The molecule has 7 heteroatoms. The molecule has 1 aliphatic heterocycles. The van der Waals surface area contributed by atoms with Crippen molar-refractivity contribution in [2.45, 2.75) is 82.8 Å². The van der Waals surface area contributed by atoms with Crippen molar-refractivity contribution in [1.29, 1.82) is 0 Å². The van der Waals surface area contributed by atoms with Crippen molar-refractivity contribution >= 4 is 11.9 Å². The number of esters is 1. The van der Waals surface area contributed by atoms with Gasteiger partial charge in [0.15, 0.2) is 0 Å². The highest BCUT2D eigenvalue weighted by molar-refractivity contribution is 5.86. The smallest absolute Gasteiger partial charge is 0.327 e. The predicted molar refractivity (Wildman–Crippen MR) is 103 cm³/mol. The number of halogens is 2. The first-order valence-electron chi connectivity index (χ1n) is 9.89. The van der Waals surface area contributed by atoms with Crippen LogP contribution in [0.5, 0.6) is 0 Å². The maximum Gasteiger partial charge on any atom is 0.327 e. The van der Waals surface area contributed by atoms with Gasteiger partial charge in [-0.2, -0.15) is 8.78 Å². The minimum absolute atomic E-state index is 0.236. The summed E-state index contributed by atoms with van der Waals surface area (Å²) in [6, 6.07) is -0.714. The number of rotatable bonds is 11. The summed E-state index contributed by atoms with van der Waals surface area (Å²) in [4.78, 5) is 24.2. The number of methoxy groups -OCH3 is 1. The van der Waals surface area contributed by atoms with Crippen molar-refractivity contribution in [2.24, 2.45) is 0 Å². The van der Waals surface area contributed by atoms with Crippen LogP contribution in [0.3, 0.4) is 0 Å². The SMILES string of the molecule is CCC#CCCC(O)/C=C/C1CC(F)(F)C(=O)N1CCCCCCC(=O)OC. The maximum absolute atomic E-state index is 13.9. The van der Waals surface area contributed by atoms with Crippen LogP contribution in [0.1, 0.15) is 64.7 Å². The van der Waals surface area contributed by atoms with Crippen molar-refractivity contribution in [3.05, 3.63) is 12.2 Å². The van der Waals surface area contributed by atoms with E-state index in [1.54, 1.807) is 0 Å². The molecule has 2 atom stereocenters. The van der Waals surface area contributed by atoms with Crippen molar-refractivity contribution in [2.75, 3.05) is 13.7 Å². The van der Waals surface area contributed by atoms with E-state index in [9.17, 15) is 23.5 Å². The molecule has 28 heavy (non-hydrogen) atoms. The number of carbonyl (C=O) groups is 2. The maximum atomic E-state index is 13.9. The zero-order valence-electron chi connectivity index (χ0n) is 16.8. The molecule has 1 amide bonds. The predicted octanol–water partition coefficient (Wildman–Crippen LogP) is 3.46. The number of aliphatic hydroxyl groups excluding tert-OH is 1. The molecule has 1 fully saturated rings. The second kappa shape index (κ2) is 12.5. The van der Waals surface area contributed by atoms with Gasteiger partial charge in [-0.3, -0.25) is 9.59 Å². The van der Waals surface area contributed by atoms with Gasteiger partial charge in [-0.25, -0.2) is 0 Å². The van der Waals surface area contributed by atoms with Crippen LogP contribution < -0.4 is 0 Å². The average Bonchev–Trinajstić information content (AvgIpc) is 2.88. The molecule has 1 rings (SSSR count). The Balaban J connectivity index is 2.48. The molecular formula is C21H31F2NO4. The van der Waals surface area contributed by atoms with Crippen LogP contribution in [0.15, 0.2) is 12.2 Å². The molecule has 1 aliphatic rings. The van der Waals surface area contributed by atoms with E-state index in [0.717, 1.165) is 19.3 Å². The summed E-state index contributed by atoms with van der Waals surface area (Å²) >= 11 is 0. The van der Waals surface area contributed by atoms with E-state index in [0.29, 0.717) is 32.1 Å². The van der Waals surface area contributed by atoms with Crippen LogP contribution in [0, 0.1) is 11.8 Å². The molecule has 1 N–H and O–H groups in total. The molecule has 0 radical (unpaired) electrons. The Kier molecular flexibility index (Phi) is 10.8. The molecule has 0 bridgehead atoms.